The smallest absolute Gasteiger partial charge is 0.0300 e. The lowest BCUT2D eigenvalue weighted by Gasteiger charge is -2.32. The lowest BCUT2D eigenvalue weighted by Crippen LogP contribution is -2.46. The van der Waals surface area contributed by atoms with E-state index in [-0.39, 0.29) is 5.54 Å². The van der Waals surface area contributed by atoms with E-state index < -0.39 is 0 Å². The van der Waals surface area contributed by atoms with Gasteiger partial charge in [-0.3, -0.25) is 0 Å². The van der Waals surface area contributed by atoms with Crippen LogP contribution in [0, 0.1) is 0 Å². The topological polar surface area (TPSA) is 15.3 Å². The highest BCUT2D eigenvalue weighted by Crippen LogP contribution is 2.10. The van der Waals surface area contributed by atoms with Crippen molar-refractivity contribution in [2.24, 2.45) is 0 Å². The Morgan fingerprint density at radius 3 is 2.64 bits per heavy atom. The van der Waals surface area contributed by atoms with E-state index in [0.29, 0.717) is 0 Å². The van der Waals surface area contributed by atoms with Gasteiger partial charge in [0.25, 0.3) is 0 Å². The molecule has 1 heterocycles. The van der Waals surface area contributed by atoms with Crippen LogP contribution in [0.25, 0.3) is 0 Å². The molecule has 0 amide bonds. The molecule has 0 unspecified atom stereocenters. The van der Waals surface area contributed by atoms with E-state index in [2.05, 4.69) is 55.7 Å². The van der Waals surface area contributed by atoms with Crippen molar-refractivity contribution in [2.75, 3.05) is 20.6 Å². The first-order chi connectivity index (χ1) is 6.52. The number of nitrogens with one attached hydrogen (secondary N) is 1. The molecule has 80 valence electrons. The lowest BCUT2D eigenvalue weighted by atomic mass is 10.0. The summed E-state index contributed by atoms with van der Waals surface area (Å²) >= 11 is 1.81. The minimum atomic E-state index is 0.220. The second kappa shape index (κ2) is 4.91. The van der Waals surface area contributed by atoms with E-state index in [0.717, 1.165) is 13.1 Å². The van der Waals surface area contributed by atoms with Crippen LogP contribution in [0.3, 0.4) is 0 Å². The summed E-state index contributed by atoms with van der Waals surface area (Å²) in [6, 6.07) is 4.26. The molecule has 0 bridgehead atoms. The molecule has 0 aliphatic heterocycles. The van der Waals surface area contributed by atoms with Crippen molar-refractivity contribution < 1.29 is 0 Å². The van der Waals surface area contributed by atoms with Crippen molar-refractivity contribution >= 4 is 11.3 Å². The van der Waals surface area contributed by atoms with Crippen molar-refractivity contribution in [3.63, 3.8) is 0 Å². The molecular weight excluding hydrogens is 192 g/mol. The van der Waals surface area contributed by atoms with Crippen molar-refractivity contribution in [3.05, 3.63) is 22.4 Å². The second-order valence-corrected chi connectivity index (χ2v) is 5.42. The highest BCUT2D eigenvalue weighted by atomic mass is 32.1. The van der Waals surface area contributed by atoms with Crippen LogP contribution in [-0.2, 0) is 6.54 Å². The monoisotopic (exact) mass is 212 g/mol. The van der Waals surface area contributed by atoms with E-state index in [9.17, 15) is 0 Å². The van der Waals surface area contributed by atoms with Gasteiger partial charge in [0, 0.05) is 23.5 Å². The first-order valence-electron chi connectivity index (χ1n) is 4.93. The molecule has 14 heavy (non-hydrogen) atoms. The second-order valence-electron chi connectivity index (χ2n) is 4.39. The van der Waals surface area contributed by atoms with E-state index in [1.807, 2.05) is 0 Å². The first-order valence-corrected chi connectivity index (χ1v) is 5.81. The number of rotatable bonds is 5. The van der Waals surface area contributed by atoms with Crippen LogP contribution in [0.4, 0.5) is 0 Å². The summed E-state index contributed by atoms with van der Waals surface area (Å²) in [5.74, 6) is 0. The molecule has 2 nitrogen and oxygen atoms in total. The largest absolute Gasteiger partial charge is 0.310 e. The first kappa shape index (κ1) is 11.7. The van der Waals surface area contributed by atoms with Gasteiger partial charge in [-0.1, -0.05) is 6.07 Å². The molecule has 0 atom stereocenters. The molecule has 0 spiro atoms. The van der Waals surface area contributed by atoms with Gasteiger partial charge in [-0.25, -0.2) is 0 Å². The third-order valence-electron chi connectivity index (χ3n) is 2.65. The molecule has 0 fully saturated rings. The van der Waals surface area contributed by atoms with E-state index >= 15 is 0 Å². The summed E-state index contributed by atoms with van der Waals surface area (Å²) in [4.78, 5) is 3.65. The number of thiophene rings is 1. The van der Waals surface area contributed by atoms with Gasteiger partial charge in [0.2, 0.25) is 0 Å². The van der Waals surface area contributed by atoms with Crippen LogP contribution in [-0.4, -0.2) is 31.1 Å². The Bertz CT molecular complexity index is 252. The van der Waals surface area contributed by atoms with Gasteiger partial charge in [-0.05, 0) is 39.4 Å². The van der Waals surface area contributed by atoms with Crippen LogP contribution in [0.1, 0.15) is 18.7 Å². The molecular formula is C11H20N2S. The average molecular weight is 212 g/mol. The van der Waals surface area contributed by atoms with Crippen molar-refractivity contribution in [1.29, 1.82) is 0 Å². The molecule has 0 aliphatic carbocycles. The minimum absolute atomic E-state index is 0.220. The Kier molecular flexibility index (Phi) is 4.11. The summed E-state index contributed by atoms with van der Waals surface area (Å²) in [6.07, 6.45) is 0. The number of nitrogens with zero attached hydrogens (tertiary/aromatic N) is 1. The quantitative estimate of drug-likeness (QED) is 0.805. The van der Waals surface area contributed by atoms with Gasteiger partial charge in [-0.2, -0.15) is 0 Å². The third-order valence-corrected chi connectivity index (χ3v) is 3.52. The predicted molar refractivity (Wildman–Crippen MR) is 63.8 cm³/mol. The lowest BCUT2D eigenvalue weighted by molar-refractivity contribution is 0.190. The summed E-state index contributed by atoms with van der Waals surface area (Å²) in [5, 5.41) is 5.60. The highest BCUT2D eigenvalue weighted by molar-refractivity contribution is 7.09. The number of hydrogen-bond donors (Lipinski definition) is 1. The third kappa shape index (κ3) is 3.40. The summed E-state index contributed by atoms with van der Waals surface area (Å²) in [7, 11) is 4.24. The Morgan fingerprint density at radius 2 is 2.14 bits per heavy atom. The van der Waals surface area contributed by atoms with Crippen LogP contribution in [0.5, 0.6) is 0 Å². The fourth-order valence-electron chi connectivity index (χ4n) is 1.06. The Hall–Kier alpha value is -0.380. The Labute approximate surface area is 90.9 Å². The van der Waals surface area contributed by atoms with Crippen LogP contribution in [0.15, 0.2) is 17.5 Å². The molecule has 0 aromatic carbocycles. The van der Waals surface area contributed by atoms with Gasteiger partial charge in [0.15, 0.2) is 0 Å². The normalized spacial score (nSPS) is 12.4. The molecule has 0 radical (unpaired) electrons. The van der Waals surface area contributed by atoms with Crippen molar-refractivity contribution in [1.82, 2.24) is 10.2 Å². The van der Waals surface area contributed by atoms with Crippen molar-refractivity contribution in [2.45, 2.75) is 25.9 Å². The number of hydrogen-bond acceptors (Lipinski definition) is 3. The zero-order valence-corrected chi connectivity index (χ0v) is 10.3. The van der Waals surface area contributed by atoms with Crippen LogP contribution in [0.2, 0.25) is 0 Å². The maximum atomic E-state index is 3.48. The molecule has 0 saturated heterocycles. The van der Waals surface area contributed by atoms with Gasteiger partial charge in [0.1, 0.15) is 0 Å². The molecule has 1 aromatic heterocycles. The molecule has 0 saturated carbocycles. The fourth-order valence-corrected chi connectivity index (χ4v) is 1.74. The standard InChI is InChI=1S/C11H20N2S/c1-11(2,13(3)4)9-12-8-10-6-5-7-14-10/h5-7,12H,8-9H2,1-4H3. The van der Waals surface area contributed by atoms with E-state index in [4.69, 9.17) is 0 Å². The Balaban J connectivity index is 2.28. The zero-order chi connectivity index (χ0) is 10.6. The SMILES string of the molecule is CN(C)C(C)(C)CNCc1cccs1. The minimum Gasteiger partial charge on any atom is -0.310 e. The predicted octanol–water partition coefficient (Wildman–Crippen LogP) is 2.18. The maximum Gasteiger partial charge on any atom is 0.0300 e. The van der Waals surface area contributed by atoms with Gasteiger partial charge >= 0.3 is 0 Å². The van der Waals surface area contributed by atoms with Gasteiger partial charge < -0.3 is 10.2 Å². The zero-order valence-electron chi connectivity index (χ0n) is 9.50. The maximum absolute atomic E-state index is 3.48. The number of likely N-dealkylation sites (N-methyl/N-ethyl adjacent to an activating group) is 1. The molecule has 3 heteroatoms. The summed E-state index contributed by atoms with van der Waals surface area (Å²) in [6.45, 7) is 6.48. The summed E-state index contributed by atoms with van der Waals surface area (Å²) < 4.78 is 0. The van der Waals surface area contributed by atoms with Crippen molar-refractivity contribution in [3.8, 4) is 0 Å². The average Bonchev–Trinajstić information content (AvgIpc) is 2.56. The van der Waals surface area contributed by atoms with Gasteiger partial charge in [0.05, 0.1) is 0 Å². The molecule has 1 rings (SSSR count). The van der Waals surface area contributed by atoms with Gasteiger partial charge in [-0.15, -0.1) is 11.3 Å². The summed E-state index contributed by atoms with van der Waals surface area (Å²) in [5.41, 5.74) is 0.220. The fraction of sp³-hybridized carbons (Fsp3) is 0.636. The van der Waals surface area contributed by atoms with E-state index in [1.165, 1.54) is 4.88 Å². The molecule has 1 N–H and O–H groups in total. The van der Waals surface area contributed by atoms with Crippen LogP contribution < -0.4 is 5.32 Å². The van der Waals surface area contributed by atoms with E-state index in [1.54, 1.807) is 11.3 Å². The Morgan fingerprint density at radius 1 is 1.43 bits per heavy atom. The molecule has 0 aliphatic rings. The molecule has 1 aromatic rings. The highest BCUT2D eigenvalue weighted by Gasteiger charge is 2.19. The van der Waals surface area contributed by atoms with Crippen LogP contribution >= 0.6 is 11.3 Å².